The molecule has 0 saturated carbocycles. The van der Waals surface area contributed by atoms with Gasteiger partial charge in [-0.2, -0.15) is 0 Å². The first-order valence-electron chi connectivity index (χ1n) is 6.86. The van der Waals surface area contributed by atoms with Gasteiger partial charge < -0.3 is 14.8 Å². The molecular formula is C17H17BrN2O3. The molecule has 2 rings (SSSR count). The largest absolute Gasteiger partial charge is 0.493 e. The second-order valence-electron chi connectivity index (χ2n) is 4.76. The summed E-state index contributed by atoms with van der Waals surface area (Å²) in [5.74, 6) is 1.54. The van der Waals surface area contributed by atoms with Crippen LogP contribution in [0.3, 0.4) is 0 Å². The van der Waals surface area contributed by atoms with Crippen molar-refractivity contribution in [3.8, 4) is 11.5 Å². The molecule has 1 aromatic heterocycles. The first kappa shape index (κ1) is 17.0. The molecule has 120 valence electrons. The number of aryl methyl sites for hydroxylation is 1. The molecule has 0 unspecified atom stereocenters. The molecular weight excluding hydrogens is 360 g/mol. The van der Waals surface area contributed by atoms with E-state index in [0.717, 1.165) is 15.6 Å². The Labute approximate surface area is 143 Å². The highest BCUT2D eigenvalue weighted by Crippen LogP contribution is 2.28. The Morgan fingerprint density at radius 1 is 1.22 bits per heavy atom. The van der Waals surface area contributed by atoms with Crippen molar-refractivity contribution in [3.63, 3.8) is 0 Å². The predicted octanol–water partition coefficient (Wildman–Crippen LogP) is 3.82. The molecule has 0 aliphatic carbocycles. The molecule has 6 heteroatoms. The lowest BCUT2D eigenvalue weighted by Gasteiger charge is -2.08. The molecule has 1 N–H and O–H groups in total. The fourth-order valence-electron chi connectivity index (χ4n) is 1.96. The Balaban J connectivity index is 2.09. The summed E-state index contributed by atoms with van der Waals surface area (Å²) in [6.07, 6.45) is 4.79. The van der Waals surface area contributed by atoms with Crippen molar-refractivity contribution in [2.45, 2.75) is 6.92 Å². The number of carbonyl (C=O) groups excluding carboxylic acids is 1. The fraction of sp³-hybridized carbons (Fsp3) is 0.176. The minimum atomic E-state index is -0.252. The Kier molecular flexibility index (Phi) is 5.76. The number of halogens is 1. The van der Waals surface area contributed by atoms with Gasteiger partial charge >= 0.3 is 0 Å². The number of amides is 1. The summed E-state index contributed by atoms with van der Waals surface area (Å²) >= 11 is 3.34. The van der Waals surface area contributed by atoms with Gasteiger partial charge in [0.2, 0.25) is 5.91 Å². The number of hydrogen-bond donors (Lipinski definition) is 1. The van der Waals surface area contributed by atoms with E-state index in [2.05, 4.69) is 26.2 Å². The van der Waals surface area contributed by atoms with Crippen molar-refractivity contribution in [2.75, 3.05) is 19.5 Å². The molecule has 23 heavy (non-hydrogen) atoms. The molecule has 0 spiro atoms. The van der Waals surface area contributed by atoms with E-state index in [1.54, 1.807) is 38.6 Å². The summed E-state index contributed by atoms with van der Waals surface area (Å²) in [4.78, 5) is 16.2. The van der Waals surface area contributed by atoms with Gasteiger partial charge in [0.05, 0.1) is 14.2 Å². The standard InChI is InChI=1S/C17H17BrN2O3/c1-11-8-13(18)10-19-17(11)20-16(21)7-5-12-4-6-14(22-2)15(9-12)23-3/h4-10H,1-3H3,(H,19,20,21)/b7-5+. The van der Waals surface area contributed by atoms with Crippen LogP contribution in [0.4, 0.5) is 5.82 Å². The SMILES string of the molecule is COc1ccc(/C=C/C(=O)Nc2ncc(Br)cc2C)cc1OC. The number of rotatable bonds is 5. The molecule has 5 nitrogen and oxygen atoms in total. The number of pyridine rings is 1. The topological polar surface area (TPSA) is 60.5 Å². The molecule has 1 heterocycles. The number of aromatic nitrogens is 1. The number of ether oxygens (including phenoxy) is 2. The predicted molar refractivity (Wildman–Crippen MR) is 93.9 cm³/mol. The number of nitrogens with one attached hydrogen (secondary N) is 1. The average molecular weight is 377 g/mol. The van der Waals surface area contributed by atoms with Gasteiger partial charge in [0.25, 0.3) is 0 Å². The molecule has 0 aliphatic rings. The van der Waals surface area contributed by atoms with Crippen LogP contribution < -0.4 is 14.8 Å². The number of carbonyl (C=O) groups is 1. The van der Waals surface area contributed by atoms with Gasteiger partial charge in [-0.3, -0.25) is 4.79 Å². The van der Waals surface area contributed by atoms with Crippen molar-refractivity contribution < 1.29 is 14.3 Å². The summed E-state index contributed by atoms with van der Waals surface area (Å²) in [5, 5.41) is 2.75. The molecule has 0 radical (unpaired) electrons. The molecule has 0 bridgehead atoms. The lowest BCUT2D eigenvalue weighted by Crippen LogP contribution is -2.10. The maximum atomic E-state index is 12.0. The Morgan fingerprint density at radius 3 is 2.61 bits per heavy atom. The molecule has 2 aromatic rings. The number of benzene rings is 1. The van der Waals surface area contributed by atoms with E-state index in [4.69, 9.17) is 9.47 Å². The highest BCUT2D eigenvalue weighted by Gasteiger charge is 2.05. The molecule has 0 fully saturated rings. The highest BCUT2D eigenvalue weighted by molar-refractivity contribution is 9.10. The van der Waals surface area contributed by atoms with Crippen molar-refractivity contribution >= 4 is 33.7 Å². The van der Waals surface area contributed by atoms with Gasteiger partial charge in [-0.15, -0.1) is 0 Å². The van der Waals surface area contributed by atoms with Gasteiger partial charge in [0.1, 0.15) is 5.82 Å². The van der Waals surface area contributed by atoms with Gasteiger partial charge in [-0.05, 0) is 58.3 Å². The molecule has 0 aliphatic heterocycles. The van der Waals surface area contributed by atoms with Crippen LogP contribution >= 0.6 is 15.9 Å². The van der Waals surface area contributed by atoms with Crippen LogP contribution in [0.5, 0.6) is 11.5 Å². The zero-order chi connectivity index (χ0) is 16.8. The van der Waals surface area contributed by atoms with Crippen molar-refractivity contribution in [2.24, 2.45) is 0 Å². The number of methoxy groups -OCH3 is 2. The third kappa shape index (κ3) is 4.56. The van der Waals surface area contributed by atoms with E-state index in [9.17, 15) is 4.79 Å². The Bertz CT molecular complexity index is 745. The number of anilines is 1. The van der Waals surface area contributed by atoms with Crippen LogP contribution in [0.15, 0.2) is 41.0 Å². The fourth-order valence-corrected chi connectivity index (χ4v) is 2.40. The molecule has 0 atom stereocenters. The molecule has 1 aromatic carbocycles. The number of nitrogens with zero attached hydrogens (tertiary/aromatic N) is 1. The second-order valence-corrected chi connectivity index (χ2v) is 5.67. The second kappa shape index (κ2) is 7.78. The van der Waals surface area contributed by atoms with Crippen molar-refractivity contribution in [3.05, 3.63) is 52.1 Å². The Morgan fingerprint density at radius 2 is 1.96 bits per heavy atom. The summed E-state index contributed by atoms with van der Waals surface area (Å²) in [6.45, 7) is 1.88. The van der Waals surface area contributed by atoms with Gasteiger partial charge in [0.15, 0.2) is 11.5 Å². The van der Waals surface area contributed by atoms with Crippen LogP contribution in [0.25, 0.3) is 6.08 Å². The third-order valence-electron chi connectivity index (χ3n) is 3.12. The van der Waals surface area contributed by atoms with E-state index in [1.807, 2.05) is 19.1 Å². The lowest BCUT2D eigenvalue weighted by atomic mass is 10.2. The van der Waals surface area contributed by atoms with Crippen LogP contribution in [-0.2, 0) is 4.79 Å². The van der Waals surface area contributed by atoms with Gasteiger partial charge in [0, 0.05) is 16.7 Å². The lowest BCUT2D eigenvalue weighted by molar-refractivity contribution is -0.111. The summed E-state index contributed by atoms with van der Waals surface area (Å²) in [5.41, 5.74) is 1.71. The summed E-state index contributed by atoms with van der Waals surface area (Å²) in [6, 6.07) is 7.32. The maximum Gasteiger partial charge on any atom is 0.249 e. The first-order valence-corrected chi connectivity index (χ1v) is 7.66. The van der Waals surface area contributed by atoms with Crippen molar-refractivity contribution in [1.82, 2.24) is 4.98 Å². The highest BCUT2D eigenvalue weighted by atomic mass is 79.9. The summed E-state index contributed by atoms with van der Waals surface area (Å²) in [7, 11) is 3.15. The monoisotopic (exact) mass is 376 g/mol. The molecule has 0 saturated heterocycles. The van der Waals surface area contributed by atoms with Gasteiger partial charge in [-0.1, -0.05) is 6.07 Å². The van der Waals surface area contributed by atoms with Gasteiger partial charge in [-0.25, -0.2) is 4.98 Å². The van der Waals surface area contributed by atoms with Crippen LogP contribution in [0, 0.1) is 6.92 Å². The van der Waals surface area contributed by atoms with Crippen LogP contribution in [0.1, 0.15) is 11.1 Å². The van der Waals surface area contributed by atoms with E-state index < -0.39 is 0 Å². The van der Waals surface area contributed by atoms with E-state index >= 15 is 0 Å². The number of hydrogen-bond acceptors (Lipinski definition) is 4. The quantitative estimate of drug-likeness (QED) is 0.805. The zero-order valence-electron chi connectivity index (χ0n) is 13.1. The smallest absolute Gasteiger partial charge is 0.249 e. The minimum Gasteiger partial charge on any atom is -0.493 e. The third-order valence-corrected chi connectivity index (χ3v) is 3.55. The maximum absolute atomic E-state index is 12.0. The molecule has 1 amide bonds. The average Bonchev–Trinajstić information content (AvgIpc) is 2.55. The van der Waals surface area contributed by atoms with Crippen LogP contribution in [-0.4, -0.2) is 25.1 Å². The Hall–Kier alpha value is -2.34. The van der Waals surface area contributed by atoms with E-state index in [0.29, 0.717) is 17.3 Å². The zero-order valence-corrected chi connectivity index (χ0v) is 14.7. The van der Waals surface area contributed by atoms with Crippen molar-refractivity contribution in [1.29, 1.82) is 0 Å². The first-order chi connectivity index (χ1) is 11.0. The summed E-state index contributed by atoms with van der Waals surface area (Å²) < 4.78 is 11.3. The van der Waals surface area contributed by atoms with Crippen LogP contribution in [0.2, 0.25) is 0 Å². The van der Waals surface area contributed by atoms with E-state index in [1.165, 1.54) is 6.08 Å². The minimum absolute atomic E-state index is 0.252. The normalized spacial score (nSPS) is 10.6. The van der Waals surface area contributed by atoms with E-state index in [-0.39, 0.29) is 5.91 Å².